The summed E-state index contributed by atoms with van der Waals surface area (Å²) in [6.07, 6.45) is 9.54. The van der Waals surface area contributed by atoms with Gasteiger partial charge in [0, 0.05) is 24.8 Å². The van der Waals surface area contributed by atoms with Crippen molar-refractivity contribution in [3.63, 3.8) is 0 Å². The zero-order chi connectivity index (χ0) is 14.4. The van der Waals surface area contributed by atoms with Gasteiger partial charge in [0.25, 0.3) is 5.91 Å². The largest absolute Gasteiger partial charge is 0.357 e. The van der Waals surface area contributed by atoms with Crippen LogP contribution in [-0.2, 0) is 0 Å². The number of amides is 1. The SMILES string of the molecule is CN1[C@@H]2CC[C@H]1CC(CNC(=O)c1[nH]ccc1C1CC1)C2. The second-order valence-corrected chi connectivity index (χ2v) is 7.18. The molecule has 2 bridgehead atoms. The quantitative estimate of drug-likeness (QED) is 0.894. The maximum Gasteiger partial charge on any atom is 0.268 e. The normalized spacial score (nSPS) is 32.3. The highest BCUT2D eigenvalue weighted by atomic mass is 16.1. The van der Waals surface area contributed by atoms with Gasteiger partial charge in [-0.15, -0.1) is 0 Å². The van der Waals surface area contributed by atoms with Crippen LogP contribution < -0.4 is 5.32 Å². The minimum Gasteiger partial charge on any atom is -0.357 e. The molecular weight excluding hydrogens is 262 g/mol. The molecule has 3 heterocycles. The molecule has 3 fully saturated rings. The second-order valence-electron chi connectivity index (χ2n) is 7.18. The van der Waals surface area contributed by atoms with Crippen molar-refractivity contribution in [1.82, 2.24) is 15.2 Å². The Morgan fingerprint density at radius 3 is 2.67 bits per heavy atom. The zero-order valence-electron chi connectivity index (χ0n) is 12.8. The average molecular weight is 287 g/mol. The van der Waals surface area contributed by atoms with Gasteiger partial charge in [-0.25, -0.2) is 0 Å². The molecule has 0 aromatic carbocycles. The fraction of sp³-hybridized carbons (Fsp3) is 0.706. The Kier molecular flexibility index (Phi) is 3.29. The Bertz CT molecular complexity index is 520. The number of aromatic nitrogens is 1. The summed E-state index contributed by atoms with van der Waals surface area (Å²) >= 11 is 0. The van der Waals surface area contributed by atoms with E-state index in [0.717, 1.165) is 24.3 Å². The van der Waals surface area contributed by atoms with Gasteiger partial charge in [-0.05, 0) is 69.0 Å². The van der Waals surface area contributed by atoms with Gasteiger partial charge in [-0.1, -0.05) is 0 Å². The minimum absolute atomic E-state index is 0.0909. The standard InChI is InChI=1S/C17H25N3O/c1-20-13-4-5-14(20)9-11(8-13)10-19-17(21)16-15(6-7-18-16)12-2-3-12/h6-7,11-14,18H,2-5,8-10H2,1H3,(H,19,21)/t11?,13-,14+. The highest BCUT2D eigenvalue weighted by Gasteiger charge is 2.38. The molecule has 2 saturated heterocycles. The molecule has 2 aliphatic heterocycles. The number of nitrogens with one attached hydrogen (secondary N) is 2. The van der Waals surface area contributed by atoms with Crippen LogP contribution >= 0.6 is 0 Å². The zero-order valence-corrected chi connectivity index (χ0v) is 12.8. The maximum atomic E-state index is 12.4. The summed E-state index contributed by atoms with van der Waals surface area (Å²) in [6.45, 7) is 0.836. The van der Waals surface area contributed by atoms with E-state index in [4.69, 9.17) is 0 Å². The lowest BCUT2D eigenvalue weighted by Gasteiger charge is -2.36. The van der Waals surface area contributed by atoms with Crippen LogP contribution in [0.4, 0.5) is 0 Å². The van der Waals surface area contributed by atoms with Crippen molar-refractivity contribution in [1.29, 1.82) is 0 Å². The van der Waals surface area contributed by atoms with Crippen molar-refractivity contribution in [3.8, 4) is 0 Å². The summed E-state index contributed by atoms with van der Waals surface area (Å²) < 4.78 is 0. The van der Waals surface area contributed by atoms with Crippen LogP contribution in [-0.4, -0.2) is 41.5 Å². The molecule has 1 saturated carbocycles. The van der Waals surface area contributed by atoms with Gasteiger partial charge in [0.1, 0.15) is 5.69 Å². The third kappa shape index (κ3) is 2.50. The second kappa shape index (κ2) is 5.16. The van der Waals surface area contributed by atoms with Crippen LogP contribution in [0.25, 0.3) is 0 Å². The van der Waals surface area contributed by atoms with Crippen molar-refractivity contribution >= 4 is 5.91 Å². The maximum absolute atomic E-state index is 12.4. The summed E-state index contributed by atoms with van der Waals surface area (Å²) in [7, 11) is 2.26. The molecule has 4 rings (SSSR count). The van der Waals surface area contributed by atoms with Gasteiger partial charge < -0.3 is 15.2 Å². The van der Waals surface area contributed by atoms with Crippen LogP contribution in [0.1, 0.15) is 60.5 Å². The van der Waals surface area contributed by atoms with E-state index in [1.165, 1.54) is 44.1 Å². The van der Waals surface area contributed by atoms with Gasteiger partial charge in [0.05, 0.1) is 0 Å². The van der Waals surface area contributed by atoms with Crippen molar-refractivity contribution < 1.29 is 4.79 Å². The van der Waals surface area contributed by atoms with E-state index in [1.807, 2.05) is 6.20 Å². The van der Waals surface area contributed by atoms with Crippen LogP contribution in [0.3, 0.4) is 0 Å². The van der Waals surface area contributed by atoms with Crippen molar-refractivity contribution in [2.45, 2.75) is 56.5 Å². The summed E-state index contributed by atoms with van der Waals surface area (Å²) in [5, 5.41) is 3.17. The molecule has 3 aliphatic rings. The van der Waals surface area contributed by atoms with E-state index >= 15 is 0 Å². The molecule has 21 heavy (non-hydrogen) atoms. The molecule has 2 N–H and O–H groups in total. The number of aromatic amines is 1. The van der Waals surface area contributed by atoms with E-state index in [1.54, 1.807) is 0 Å². The third-order valence-electron chi connectivity index (χ3n) is 5.77. The van der Waals surface area contributed by atoms with Crippen molar-refractivity contribution in [2.75, 3.05) is 13.6 Å². The predicted octanol–water partition coefficient (Wildman–Crippen LogP) is 2.49. The average Bonchev–Trinajstić information content (AvgIpc) is 3.18. The molecule has 1 aliphatic carbocycles. The lowest BCUT2D eigenvalue weighted by atomic mass is 9.91. The lowest BCUT2D eigenvalue weighted by Crippen LogP contribution is -2.43. The van der Waals surface area contributed by atoms with Crippen molar-refractivity contribution in [3.05, 3.63) is 23.5 Å². The number of fused-ring (bicyclic) bond motifs is 2. The van der Waals surface area contributed by atoms with Crippen LogP contribution in [0.15, 0.2) is 12.3 Å². The Morgan fingerprint density at radius 2 is 2.00 bits per heavy atom. The molecule has 0 spiro atoms. The third-order valence-corrected chi connectivity index (χ3v) is 5.77. The van der Waals surface area contributed by atoms with Gasteiger partial charge in [0.2, 0.25) is 0 Å². The number of piperidine rings is 1. The number of hydrogen-bond acceptors (Lipinski definition) is 2. The predicted molar refractivity (Wildman–Crippen MR) is 82.4 cm³/mol. The Labute approximate surface area is 126 Å². The molecule has 1 amide bonds. The topological polar surface area (TPSA) is 48.1 Å². The van der Waals surface area contributed by atoms with Crippen LogP contribution in [0, 0.1) is 5.92 Å². The van der Waals surface area contributed by atoms with Crippen LogP contribution in [0.2, 0.25) is 0 Å². The molecule has 4 nitrogen and oxygen atoms in total. The van der Waals surface area contributed by atoms with E-state index in [0.29, 0.717) is 11.8 Å². The van der Waals surface area contributed by atoms with Gasteiger partial charge in [-0.3, -0.25) is 4.79 Å². The molecule has 4 heteroatoms. The fourth-order valence-corrected chi connectivity index (χ4v) is 4.33. The highest BCUT2D eigenvalue weighted by Crippen LogP contribution is 2.41. The molecular formula is C17H25N3O. The first-order chi connectivity index (χ1) is 10.2. The summed E-state index contributed by atoms with van der Waals surface area (Å²) in [5.41, 5.74) is 2.02. The summed E-state index contributed by atoms with van der Waals surface area (Å²) in [4.78, 5) is 18.1. The van der Waals surface area contributed by atoms with E-state index in [9.17, 15) is 4.79 Å². The number of nitrogens with zero attached hydrogens (tertiary/aromatic N) is 1. The minimum atomic E-state index is 0.0909. The monoisotopic (exact) mass is 287 g/mol. The number of carbonyl (C=O) groups is 1. The number of rotatable bonds is 4. The Hall–Kier alpha value is -1.29. The molecule has 1 aromatic heterocycles. The fourth-order valence-electron chi connectivity index (χ4n) is 4.33. The first-order valence-electron chi connectivity index (χ1n) is 8.39. The highest BCUT2D eigenvalue weighted by molar-refractivity contribution is 5.94. The molecule has 1 unspecified atom stereocenters. The van der Waals surface area contributed by atoms with Gasteiger partial charge in [-0.2, -0.15) is 0 Å². The van der Waals surface area contributed by atoms with E-state index < -0.39 is 0 Å². The first kappa shape index (κ1) is 13.4. The molecule has 3 atom stereocenters. The van der Waals surface area contributed by atoms with Gasteiger partial charge in [0.15, 0.2) is 0 Å². The van der Waals surface area contributed by atoms with E-state index in [2.05, 4.69) is 28.3 Å². The van der Waals surface area contributed by atoms with Crippen molar-refractivity contribution in [2.24, 2.45) is 5.92 Å². The number of carbonyl (C=O) groups excluding carboxylic acids is 1. The lowest BCUT2D eigenvalue weighted by molar-refractivity contribution is 0.0912. The van der Waals surface area contributed by atoms with Gasteiger partial charge >= 0.3 is 0 Å². The molecule has 114 valence electrons. The molecule has 0 radical (unpaired) electrons. The summed E-state index contributed by atoms with van der Waals surface area (Å²) in [5.74, 6) is 1.37. The number of hydrogen-bond donors (Lipinski definition) is 2. The first-order valence-corrected chi connectivity index (χ1v) is 8.39. The molecule has 1 aromatic rings. The van der Waals surface area contributed by atoms with Crippen LogP contribution in [0.5, 0.6) is 0 Å². The number of H-pyrrole nitrogens is 1. The summed E-state index contributed by atoms with van der Waals surface area (Å²) in [6, 6.07) is 3.57. The van der Waals surface area contributed by atoms with E-state index in [-0.39, 0.29) is 5.91 Å². The Morgan fingerprint density at radius 1 is 1.29 bits per heavy atom. The smallest absolute Gasteiger partial charge is 0.268 e. The Balaban J connectivity index is 1.34.